The van der Waals surface area contributed by atoms with Crippen LogP contribution >= 0.6 is 0 Å². The fraction of sp³-hybridized carbons (Fsp3) is 0.529. The number of aromatic hydroxyl groups is 1. The van der Waals surface area contributed by atoms with E-state index in [2.05, 4.69) is 0 Å². The van der Waals surface area contributed by atoms with Crippen molar-refractivity contribution in [2.24, 2.45) is 17.6 Å². The van der Waals surface area contributed by atoms with Crippen molar-refractivity contribution in [1.29, 1.82) is 0 Å². The molecular weight excluding hydrogens is 339 g/mol. The van der Waals surface area contributed by atoms with E-state index in [0.717, 1.165) is 5.56 Å². The van der Waals surface area contributed by atoms with Gasteiger partial charge in [0.2, 0.25) is 5.91 Å². The number of likely N-dealkylation sites (tertiary alicyclic amines) is 1. The Morgan fingerprint density at radius 3 is 2.46 bits per heavy atom. The Labute approximate surface area is 152 Å². The number of carboxylic acids is 1. The first-order valence-electron chi connectivity index (χ1n) is 8.69. The van der Waals surface area contributed by atoms with Crippen LogP contribution in [-0.2, 0) is 16.0 Å². The highest BCUT2D eigenvalue weighted by Crippen LogP contribution is 2.29. The zero-order valence-electron chi connectivity index (χ0n) is 14.5. The van der Waals surface area contributed by atoms with Crippen molar-refractivity contribution in [2.45, 2.75) is 31.6 Å². The second-order valence-corrected chi connectivity index (χ2v) is 6.84. The van der Waals surface area contributed by atoms with Crippen LogP contribution in [0.4, 0.5) is 0 Å². The van der Waals surface area contributed by atoms with Crippen LogP contribution in [0.1, 0.15) is 18.4 Å². The number of nitrogens with two attached hydrogens (primary N) is 1. The van der Waals surface area contributed by atoms with Gasteiger partial charge in [-0.25, -0.2) is 0 Å². The Morgan fingerprint density at radius 1 is 1.23 bits per heavy atom. The molecule has 1 aromatic carbocycles. The van der Waals surface area contributed by atoms with Crippen LogP contribution in [-0.4, -0.2) is 63.3 Å². The van der Waals surface area contributed by atoms with Gasteiger partial charge >= 0.3 is 13.1 Å². The molecule has 0 aromatic heterocycles. The number of aliphatic carboxylic acids is 1. The molecule has 1 unspecified atom stereocenters. The number of carboxylic acid groups (broad SMARTS) is 1. The van der Waals surface area contributed by atoms with Crippen molar-refractivity contribution in [2.75, 3.05) is 13.1 Å². The summed E-state index contributed by atoms with van der Waals surface area (Å²) in [7, 11) is -1.41. The Bertz CT molecular complexity index is 624. The molecule has 1 heterocycles. The number of hydrogen-bond acceptors (Lipinski definition) is 6. The zero-order valence-corrected chi connectivity index (χ0v) is 14.5. The van der Waals surface area contributed by atoms with Crippen LogP contribution in [0.15, 0.2) is 24.3 Å². The van der Waals surface area contributed by atoms with E-state index in [1.54, 1.807) is 12.1 Å². The van der Waals surface area contributed by atoms with E-state index in [-0.39, 0.29) is 30.4 Å². The molecule has 1 fully saturated rings. The molecule has 0 aliphatic carbocycles. The molecule has 0 saturated carbocycles. The lowest BCUT2D eigenvalue weighted by molar-refractivity contribution is -0.142. The fourth-order valence-corrected chi connectivity index (χ4v) is 3.39. The third-order valence-corrected chi connectivity index (χ3v) is 4.82. The van der Waals surface area contributed by atoms with Gasteiger partial charge in [0.05, 0.1) is 12.0 Å². The molecule has 9 heteroatoms. The summed E-state index contributed by atoms with van der Waals surface area (Å²) in [5.41, 5.74) is 6.82. The molecule has 1 aromatic rings. The Kier molecular flexibility index (Phi) is 7.02. The number of nitrogens with zero attached hydrogens (tertiary/aromatic N) is 1. The molecule has 0 radical (unpaired) electrons. The third kappa shape index (κ3) is 5.45. The van der Waals surface area contributed by atoms with E-state index in [0.29, 0.717) is 25.8 Å². The van der Waals surface area contributed by atoms with Gasteiger partial charge in [-0.2, -0.15) is 0 Å². The number of carbonyl (C=O) groups is 2. The lowest BCUT2D eigenvalue weighted by atomic mass is 9.80. The summed E-state index contributed by atoms with van der Waals surface area (Å²) in [6.07, 6.45) is 1.46. The first-order valence-corrected chi connectivity index (χ1v) is 8.69. The molecule has 1 aliphatic rings. The summed E-state index contributed by atoms with van der Waals surface area (Å²) >= 11 is 0. The van der Waals surface area contributed by atoms with Gasteiger partial charge in [0, 0.05) is 13.1 Å². The number of benzene rings is 1. The first-order chi connectivity index (χ1) is 12.3. The van der Waals surface area contributed by atoms with E-state index < -0.39 is 25.0 Å². The second-order valence-electron chi connectivity index (χ2n) is 6.84. The minimum Gasteiger partial charge on any atom is -0.508 e. The van der Waals surface area contributed by atoms with Gasteiger partial charge in [0.25, 0.3) is 0 Å². The smallest absolute Gasteiger partial charge is 0.451 e. The minimum absolute atomic E-state index is 0.115. The maximum Gasteiger partial charge on any atom is 0.451 e. The van der Waals surface area contributed by atoms with Crippen molar-refractivity contribution < 1.29 is 29.9 Å². The molecule has 0 spiro atoms. The van der Waals surface area contributed by atoms with Gasteiger partial charge < -0.3 is 30.9 Å². The highest BCUT2D eigenvalue weighted by molar-refractivity contribution is 6.40. The van der Waals surface area contributed by atoms with Crippen molar-refractivity contribution in [1.82, 2.24) is 4.90 Å². The highest BCUT2D eigenvalue weighted by Gasteiger charge is 2.40. The van der Waals surface area contributed by atoms with E-state index in [9.17, 15) is 19.8 Å². The van der Waals surface area contributed by atoms with Gasteiger partial charge in [0.1, 0.15) is 5.75 Å². The lowest BCUT2D eigenvalue weighted by Gasteiger charge is -2.21. The zero-order chi connectivity index (χ0) is 19.3. The molecule has 142 valence electrons. The van der Waals surface area contributed by atoms with Crippen LogP contribution in [0, 0.1) is 11.8 Å². The van der Waals surface area contributed by atoms with Crippen molar-refractivity contribution in [3.05, 3.63) is 29.8 Å². The van der Waals surface area contributed by atoms with Crippen molar-refractivity contribution in [3.8, 4) is 5.75 Å². The van der Waals surface area contributed by atoms with Crippen molar-refractivity contribution >= 4 is 19.0 Å². The van der Waals surface area contributed by atoms with E-state index in [1.807, 2.05) is 0 Å². The minimum atomic E-state index is -1.41. The average molecular weight is 364 g/mol. The topological polar surface area (TPSA) is 144 Å². The number of hydrogen-bond donors (Lipinski definition) is 5. The molecule has 6 N–H and O–H groups in total. The Hall–Kier alpha value is -2.10. The van der Waals surface area contributed by atoms with Crippen LogP contribution in [0.25, 0.3) is 0 Å². The standard InChI is InChI=1S/C17H25BN2O6/c19-15(8-11-3-5-13(21)6-4-11)16(22)20-9-12(2-1-7-18(25)26)14(10-20)17(23)24/h3-6,12,14-15,21,25-26H,1-2,7-10,19H2,(H,23,24)/t12-,14+,15?/m0/s1. The Balaban J connectivity index is 1.95. The highest BCUT2D eigenvalue weighted by atomic mass is 16.4. The molecule has 8 nitrogen and oxygen atoms in total. The molecule has 0 bridgehead atoms. The summed E-state index contributed by atoms with van der Waals surface area (Å²) in [6.45, 7) is 0.421. The summed E-state index contributed by atoms with van der Waals surface area (Å²) in [5.74, 6) is -2.02. The van der Waals surface area contributed by atoms with Crippen LogP contribution in [0.2, 0.25) is 6.32 Å². The molecular formula is C17H25BN2O6. The maximum absolute atomic E-state index is 12.6. The number of rotatable bonds is 8. The molecule has 1 saturated heterocycles. The first kappa shape index (κ1) is 20.2. The van der Waals surface area contributed by atoms with Gasteiger partial charge in [-0.3, -0.25) is 9.59 Å². The van der Waals surface area contributed by atoms with Crippen LogP contribution in [0.5, 0.6) is 5.75 Å². The summed E-state index contributed by atoms with van der Waals surface area (Å²) < 4.78 is 0. The normalized spacial score (nSPS) is 20.8. The average Bonchev–Trinajstić information content (AvgIpc) is 3.00. The van der Waals surface area contributed by atoms with Crippen LogP contribution in [0.3, 0.4) is 0 Å². The SMILES string of the molecule is NC(Cc1ccc(O)cc1)C(=O)N1C[C@H](CCCB(O)O)[C@H](C(=O)O)C1. The molecule has 1 amide bonds. The summed E-state index contributed by atoms with van der Waals surface area (Å²) in [4.78, 5) is 25.6. The monoisotopic (exact) mass is 364 g/mol. The predicted molar refractivity (Wildman–Crippen MR) is 95.2 cm³/mol. The largest absolute Gasteiger partial charge is 0.508 e. The third-order valence-electron chi connectivity index (χ3n) is 4.82. The maximum atomic E-state index is 12.6. The predicted octanol–water partition coefficient (Wildman–Crippen LogP) is -0.326. The van der Waals surface area contributed by atoms with Gasteiger partial charge in [-0.15, -0.1) is 0 Å². The van der Waals surface area contributed by atoms with Gasteiger partial charge in [-0.1, -0.05) is 18.6 Å². The quantitative estimate of drug-likeness (QED) is 0.397. The molecule has 26 heavy (non-hydrogen) atoms. The molecule has 2 rings (SSSR count). The van der Waals surface area contributed by atoms with Gasteiger partial charge in [-0.05, 0) is 42.8 Å². The van der Waals surface area contributed by atoms with E-state index >= 15 is 0 Å². The fourth-order valence-electron chi connectivity index (χ4n) is 3.39. The van der Waals surface area contributed by atoms with E-state index in [1.165, 1.54) is 17.0 Å². The van der Waals surface area contributed by atoms with Gasteiger partial charge in [0.15, 0.2) is 0 Å². The molecule has 1 aliphatic heterocycles. The number of carbonyl (C=O) groups excluding carboxylic acids is 1. The number of amides is 1. The Morgan fingerprint density at radius 2 is 1.88 bits per heavy atom. The summed E-state index contributed by atoms with van der Waals surface area (Å²) in [6, 6.07) is 5.64. The van der Waals surface area contributed by atoms with Crippen LogP contribution < -0.4 is 5.73 Å². The second kappa shape index (κ2) is 9.02. The number of phenolic OH excluding ortho intramolecular Hbond substituents is 1. The van der Waals surface area contributed by atoms with E-state index in [4.69, 9.17) is 15.8 Å². The number of phenols is 1. The molecule has 3 atom stereocenters. The van der Waals surface area contributed by atoms with Crippen molar-refractivity contribution in [3.63, 3.8) is 0 Å². The lowest BCUT2D eigenvalue weighted by Crippen LogP contribution is -2.44. The summed E-state index contributed by atoms with van der Waals surface area (Å²) in [5, 5.41) is 36.5.